The summed E-state index contributed by atoms with van der Waals surface area (Å²) in [4.78, 5) is 0. The molecule has 1 spiro atoms. The van der Waals surface area contributed by atoms with E-state index in [2.05, 4.69) is 57.8 Å². The first-order valence-electron chi connectivity index (χ1n) is 12.3. The maximum Gasteiger partial charge on any atom is 0.0473 e. The average molecular weight is 392 g/mol. The van der Waals surface area contributed by atoms with E-state index in [9.17, 15) is 0 Å². The van der Waals surface area contributed by atoms with Gasteiger partial charge in [-0.25, -0.2) is 0 Å². The molecular formula is C28H41N. The Hall–Kier alpha value is -1.08. The van der Waals surface area contributed by atoms with Crippen molar-refractivity contribution in [3.8, 4) is 0 Å². The van der Waals surface area contributed by atoms with Crippen molar-refractivity contribution >= 4 is 0 Å². The van der Waals surface area contributed by atoms with E-state index >= 15 is 0 Å². The molecule has 0 unspecified atom stereocenters. The van der Waals surface area contributed by atoms with Crippen molar-refractivity contribution in [2.75, 3.05) is 0 Å². The highest BCUT2D eigenvalue weighted by Crippen LogP contribution is 2.60. The molecule has 0 aromatic heterocycles. The van der Waals surface area contributed by atoms with Crippen LogP contribution in [0.25, 0.3) is 0 Å². The molecule has 1 N–H and O–H groups in total. The van der Waals surface area contributed by atoms with E-state index in [4.69, 9.17) is 0 Å². The van der Waals surface area contributed by atoms with Crippen molar-refractivity contribution in [2.45, 2.75) is 103 Å². The van der Waals surface area contributed by atoms with Gasteiger partial charge in [0.2, 0.25) is 0 Å². The molecule has 0 bridgehead atoms. The summed E-state index contributed by atoms with van der Waals surface area (Å²) in [5, 5.41) is 4.18. The van der Waals surface area contributed by atoms with Crippen molar-refractivity contribution < 1.29 is 0 Å². The topological polar surface area (TPSA) is 12.0 Å². The lowest BCUT2D eigenvalue weighted by molar-refractivity contribution is 0.171. The zero-order chi connectivity index (χ0) is 20.4. The highest BCUT2D eigenvalue weighted by molar-refractivity contribution is 5.43. The first-order valence-corrected chi connectivity index (χ1v) is 12.3. The first-order chi connectivity index (χ1) is 13.7. The zero-order valence-corrected chi connectivity index (χ0v) is 19.2. The van der Waals surface area contributed by atoms with Gasteiger partial charge in [-0.1, -0.05) is 61.3 Å². The fourth-order valence-electron chi connectivity index (χ4n) is 8.11. The van der Waals surface area contributed by atoms with Crippen molar-refractivity contribution in [1.82, 2.24) is 5.32 Å². The Kier molecular flexibility index (Phi) is 4.59. The highest BCUT2D eigenvalue weighted by Gasteiger charge is 2.56. The lowest BCUT2D eigenvalue weighted by atomic mass is 9.60. The number of hydrogen-bond acceptors (Lipinski definition) is 1. The normalized spacial score (nSPS) is 43.3. The van der Waals surface area contributed by atoms with Crippen molar-refractivity contribution in [3.63, 3.8) is 0 Å². The summed E-state index contributed by atoms with van der Waals surface area (Å²) >= 11 is 0. The minimum absolute atomic E-state index is 0.293. The molecule has 0 aromatic rings. The van der Waals surface area contributed by atoms with Crippen LogP contribution in [-0.4, -0.2) is 11.6 Å². The molecule has 0 radical (unpaired) electrons. The molecule has 158 valence electrons. The maximum atomic E-state index is 4.26. The van der Waals surface area contributed by atoms with Crippen LogP contribution in [0.2, 0.25) is 0 Å². The molecule has 5 aliphatic rings. The van der Waals surface area contributed by atoms with Crippen LogP contribution in [-0.2, 0) is 0 Å². The molecule has 0 saturated heterocycles. The number of rotatable bonds is 2. The quantitative estimate of drug-likeness (QED) is 0.488. The van der Waals surface area contributed by atoms with Crippen LogP contribution >= 0.6 is 0 Å². The second-order valence-corrected chi connectivity index (χ2v) is 11.9. The van der Waals surface area contributed by atoms with E-state index < -0.39 is 0 Å². The molecule has 1 aliphatic heterocycles. The lowest BCUT2D eigenvalue weighted by Gasteiger charge is -2.48. The SMILES string of the molecule is C=C(C)[C@@H]1CC[C@@]2(C)CC([C@H]3C=C[C@H]4C5(CCCC5)CC[C@@]4(C)N3)=CC(C)=C2C1. The Bertz CT molecular complexity index is 804. The lowest BCUT2D eigenvalue weighted by Crippen LogP contribution is -2.55. The average Bonchev–Trinajstić information content (AvgIpc) is 3.26. The Morgan fingerprint density at radius 2 is 1.83 bits per heavy atom. The zero-order valence-electron chi connectivity index (χ0n) is 19.2. The van der Waals surface area contributed by atoms with Gasteiger partial charge < -0.3 is 5.32 Å². The molecule has 1 nitrogen and oxygen atoms in total. The van der Waals surface area contributed by atoms with Gasteiger partial charge in [-0.15, -0.1) is 0 Å². The minimum Gasteiger partial charge on any atom is -0.301 e. The van der Waals surface area contributed by atoms with Crippen LogP contribution in [0.15, 0.2) is 47.1 Å². The largest absolute Gasteiger partial charge is 0.301 e. The third-order valence-corrected chi connectivity index (χ3v) is 9.86. The number of fused-ring (bicyclic) bond motifs is 3. The van der Waals surface area contributed by atoms with E-state index in [-0.39, 0.29) is 0 Å². The third kappa shape index (κ3) is 3.06. The predicted octanol–water partition coefficient (Wildman–Crippen LogP) is 7.27. The molecule has 0 aromatic carbocycles. The Morgan fingerprint density at radius 3 is 2.55 bits per heavy atom. The maximum absolute atomic E-state index is 4.26. The van der Waals surface area contributed by atoms with Crippen LogP contribution in [0.4, 0.5) is 0 Å². The van der Waals surface area contributed by atoms with Crippen molar-refractivity contribution in [1.29, 1.82) is 0 Å². The van der Waals surface area contributed by atoms with Gasteiger partial charge in [-0.2, -0.15) is 0 Å². The second-order valence-electron chi connectivity index (χ2n) is 11.9. The highest BCUT2D eigenvalue weighted by atomic mass is 15.0. The number of nitrogens with one attached hydrogen (secondary N) is 1. The van der Waals surface area contributed by atoms with Crippen molar-refractivity contribution in [2.24, 2.45) is 22.7 Å². The van der Waals surface area contributed by atoms with E-state index in [1.807, 2.05) is 0 Å². The van der Waals surface area contributed by atoms with Gasteiger partial charge in [0.15, 0.2) is 0 Å². The van der Waals surface area contributed by atoms with E-state index in [0.29, 0.717) is 28.3 Å². The van der Waals surface area contributed by atoms with Gasteiger partial charge in [0.25, 0.3) is 0 Å². The van der Waals surface area contributed by atoms with Gasteiger partial charge in [-0.05, 0) is 94.5 Å². The number of hydrogen-bond donors (Lipinski definition) is 1. The summed E-state index contributed by atoms with van der Waals surface area (Å²) in [5.74, 6) is 1.43. The van der Waals surface area contributed by atoms with Gasteiger partial charge >= 0.3 is 0 Å². The van der Waals surface area contributed by atoms with E-state index in [0.717, 1.165) is 5.92 Å². The van der Waals surface area contributed by atoms with E-state index in [1.165, 1.54) is 69.8 Å². The fourth-order valence-corrected chi connectivity index (χ4v) is 8.11. The molecular weight excluding hydrogens is 350 g/mol. The monoisotopic (exact) mass is 391 g/mol. The van der Waals surface area contributed by atoms with Crippen LogP contribution in [0.5, 0.6) is 0 Å². The molecule has 29 heavy (non-hydrogen) atoms. The third-order valence-electron chi connectivity index (χ3n) is 9.86. The summed E-state index contributed by atoms with van der Waals surface area (Å²) < 4.78 is 0. The van der Waals surface area contributed by atoms with Crippen LogP contribution in [0.3, 0.4) is 0 Å². The van der Waals surface area contributed by atoms with Crippen LogP contribution < -0.4 is 5.32 Å². The van der Waals surface area contributed by atoms with Gasteiger partial charge in [-0.3, -0.25) is 0 Å². The Labute approximate surface area is 178 Å². The van der Waals surface area contributed by atoms with Gasteiger partial charge in [0.05, 0.1) is 0 Å². The van der Waals surface area contributed by atoms with Crippen molar-refractivity contribution in [3.05, 3.63) is 47.1 Å². The van der Waals surface area contributed by atoms with E-state index in [1.54, 1.807) is 16.7 Å². The van der Waals surface area contributed by atoms with Crippen LogP contribution in [0, 0.1) is 22.7 Å². The summed E-state index contributed by atoms with van der Waals surface area (Å²) in [7, 11) is 0. The van der Waals surface area contributed by atoms with Crippen LogP contribution in [0.1, 0.15) is 91.9 Å². The summed E-state index contributed by atoms with van der Waals surface area (Å²) in [5.41, 5.74) is 7.53. The first kappa shape index (κ1) is 19.9. The molecule has 0 amide bonds. The van der Waals surface area contributed by atoms with Gasteiger partial charge in [0, 0.05) is 17.5 Å². The van der Waals surface area contributed by atoms with Gasteiger partial charge in [0.1, 0.15) is 0 Å². The molecule has 3 fully saturated rings. The second kappa shape index (κ2) is 6.71. The molecule has 1 heteroatoms. The Morgan fingerprint density at radius 1 is 1.07 bits per heavy atom. The fraction of sp³-hybridized carbons (Fsp3) is 0.714. The summed E-state index contributed by atoms with van der Waals surface area (Å²) in [6.45, 7) is 13.9. The molecule has 5 rings (SSSR count). The molecule has 1 heterocycles. The molecule has 3 saturated carbocycles. The number of allylic oxidation sites excluding steroid dienone is 4. The standard InChI is InChI=1S/C28H41N/c1-19(2)21-10-13-26(4)18-22(16-20(3)23(26)17-21)24-8-9-25-27(5,29-24)14-15-28(25)11-6-7-12-28/h8-9,16,21,24-25,29H,1,6-7,10-15,17-18H2,2-5H3/t21-,24-,25-,26+,27-/m1/s1. The smallest absolute Gasteiger partial charge is 0.0473 e. The Balaban J connectivity index is 1.42. The molecule has 4 aliphatic carbocycles. The minimum atomic E-state index is 0.293. The summed E-state index contributed by atoms with van der Waals surface area (Å²) in [6.07, 6.45) is 21.4. The predicted molar refractivity (Wildman–Crippen MR) is 124 cm³/mol. The summed E-state index contributed by atoms with van der Waals surface area (Å²) in [6, 6.07) is 0.431. The molecule has 5 atom stereocenters.